The van der Waals surface area contributed by atoms with Gasteiger partial charge in [0.2, 0.25) is 5.91 Å². The number of halogens is 3. The van der Waals surface area contributed by atoms with Gasteiger partial charge in [-0.25, -0.2) is 4.98 Å². The van der Waals surface area contributed by atoms with Crippen LogP contribution in [0.15, 0.2) is 67.4 Å². The van der Waals surface area contributed by atoms with Crippen molar-refractivity contribution in [1.29, 1.82) is 10.5 Å². The van der Waals surface area contributed by atoms with Crippen molar-refractivity contribution in [2.75, 3.05) is 112 Å². The number of hydrogen-bond acceptors (Lipinski definition) is 17. The number of hydrogen-bond donors (Lipinski definition) is 0. The van der Waals surface area contributed by atoms with Crippen LogP contribution in [-0.2, 0) is 41.7 Å². The first-order valence-electron chi connectivity index (χ1n) is 28.6. The van der Waals surface area contributed by atoms with Crippen molar-refractivity contribution in [2.24, 2.45) is 0 Å². The highest BCUT2D eigenvalue weighted by molar-refractivity contribution is 5.97. The lowest BCUT2D eigenvalue weighted by atomic mass is 9.90. The highest BCUT2D eigenvalue weighted by atomic mass is 19.4. The number of piperazine rings is 2. The average molecular weight is 1130 g/mol. The lowest BCUT2D eigenvalue weighted by Crippen LogP contribution is -2.55. The second kappa shape index (κ2) is 24.3. The van der Waals surface area contributed by atoms with E-state index in [4.69, 9.17) is 29.4 Å². The fourth-order valence-electron chi connectivity index (χ4n) is 13.2. The highest BCUT2D eigenvalue weighted by Gasteiger charge is 2.40. The van der Waals surface area contributed by atoms with Gasteiger partial charge < -0.3 is 43.8 Å². The van der Waals surface area contributed by atoms with Gasteiger partial charge in [-0.3, -0.25) is 14.5 Å². The number of alkyl halides is 3. The zero-order valence-electron chi connectivity index (χ0n) is 47.2. The molecule has 0 bridgehead atoms. The molecule has 5 atom stereocenters. The molecule has 0 radical (unpaired) electrons. The molecular weight excluding hydrogens is 1060 g/mol. The van der Waals surface area contributed by atoms with E-state index in [0.717, 1.165) is 77.5 Å². The summed E-state index contributed by atoms with van der Waals surface area (Å²) in [7, 11) is 4.20. The molecule has 0 spiro atoms. The number of likely N-dealkylation sites (N-methyl/N-ethyl adjacent to an activating group) is 2. The highest BCUT2D eigenvalue weighted by Crippen LogP contribution is 2.42. The number of fused-ring (bicyclic) bond motifs is 3. The van der Waals surface area contributed by atoms with E-state index in [2.05, 4.69) is 106 Å². The molecule has 11 rings (SSSR count). The summed E-state index contributed by atoms with van der Waals surface area (Å²) in [6, 6.07) is 19.7. The van der Waals surface area contributed by atoms with E-state index in [1.165, 1.54) is 23.9 Å². The third-order valence-electron chi connectivity index (χ3n) is 17.5. The molecule has 5 aromatic rings. The van der Waals surface area contributed by atoms with E-state index in [1.54, 1.807) is 21.6 Å². The van der Waals surface area contributed by atoms with Crippen molar-refractivity contribution < 1.29 is 32.2 Å². The first-order valence-corrected chi connectivity index (χ1v) is 28.6. The van der Waals surface area contributed by atoms with E-state index >= 15 is 0 Å². The number of rotatable bonds is 14. The molecule has 4 saturated heterocycles. The number of benzene rings is 2. The van der Waals surface area contributed by atoms with Gasteiger partial charge in [-0.15, -0.1) is 0 Å². The van der Waals surface area contributed by atoms with Crippen LogP contribution >= 0.6 is 0 Å². The van der Waals surface area contributed by atoms with Crippen LogP contribution in [-0.4, -0.2) is 173 Å². The smallest absolute Gasteiger partial charge is 0.419 e. The Morgan fingerprint density at radius 1 is 0.699 bits per heavy atom. The number of aromatic nitrogens is 5. The van der Waals surface area contributed by atoms with Gasteiger partial charge in [0, 0.05) is 99.4 Å². The van der Waals surface area contributed by atoms with Gasteiger partial charge in [0.25, 0.3) is 5.91 Å². The Morgan fingerprint density at radius 3 is 1.95 bits per heavy atom. The second-order valence-electron chi connectivity index (χ2n) is 22.4. The summed E-state index contributed by atoms with van der Waals surface area (Å²) < 4.78 is 55.9. The molecule has 0 saturated carbocycles. The van der Waals surface area contributed by atoms with Crippen LogP contribution in [0.2, 0.25) is 0 Å². The molecule has 22 heteroatoms. The van der Waals surface area contributed by atoms with Crippen LogP contribution in [0.1, 0.15) is 78.6 Å². The van der Waals surface area contributed by atoms with Crippen molar-refractivity contribution in [3.8, 4) is 36.0 Å². The van der Waals surface area contributed by atoms with Crippen LogP contribution < -0.4 is 29.1 Å². The SMILES string of the molecule is C=CC(=O)N1CCN(c2nc(OC[C@@H]3CC(c4ccc(N5CCc6c(nc(OC[C@@H]7CCCN7C)nc6N6CCN(C(=O)C#CC)C(CC#N)C6)C5)c5ccccc45)CN3C)nc3c2CCN(c2ncccc2C(F)(F)F)C3)CC1CC#N. The minimum Gasteiger partial charge on any atom is -0.462 e. The lowest BCUT2D eigenvalue weighted by Gasteiger charge is -2.42. The normalized spacial score (nSPS) is 22.1. The monoisotopic (exact) mass is 1130 g/mol. The van der Waals surface area contributed by atoms with E-state index in [0.29, 0.717) is 89.3 Å². The Hall–Kier alpha value is -8.26. The van der Waals surface area contributed by atoms with Crippen LogP contribution in [0, 0.1) is 34.5 Å². The number of ether oxygens (including phenoxy) is 2. The van der Waals surface area contributed by atoms with E-state index in [1.807, 2.05) is 4.90 Å². The summed E-state index contributed by atoms with van der Waals surface area (Å²) >= 11 is 0. The Labute approximate surface area is 481 Å². The first kappa shape index (κ1) is 56.6. The molecular formula is C61H68F3N15O4. The summed E-state index contributed by atoms with van der Waals surface area (Å²) in [5.41, 5.74) is 4.75. The zero-order valence-corrected chi connectivity index (χ0v) is 47.2. The predicted molar refractivity (Wildman–Crippen MR) is 307 cm³/mol. The molecule has 3 unspecified atom stereocenters. The van der Waals surface area contributed by atoms with Gasteiger partial charge in [-0.1, -0.05) is 42.8 Å². The molecule has 6 aliphatic rings. The number of amides is 2. The molecule has 432 valence electrons. The van der Waals surface area contributed by atoms with Crippen LogP contribution in [0.5, 0.6) is 12.0 Å². The summed E-state index contributed by atoms with van der Waals surface area (Å²) in [4.78, 5) is 66.4. The van der Waals surface area contributed by atoms with E-state index in [9.17, 15) is 33.3 Å². The predicted octanol–water partition coefficient (Wildman–Crippen LogP) is 6.37. The number of nitriles is 2. The minimum atomic E-state index is -4.61. The number of anilines is 4. The number of likely N-dealkylation sites (tertiary alicyclic amines) is 2. The maximum atomic E-state index is 14.3. The maximum Gasteiger partial charge on any atom is 0.419 e. The lowest BCUT2D eigenvalue weighted by molar-refractivity contribution is -0.137. The van der Waals surface area contributed by atoms with Crippen molar-refractivity contribution in [3.63, 3.8) is 0 Å². The van der Waals surface area contributed by atoms with Crippen LogP contribution in [0.3, 0.4) is 0 Å². The maximum absolute atomic E-state index is 14.3. The summed E-state index contributed by atoms with van der Waals surface area (Å²) in [5.74, 6) is 6.21. The summed E-state index contributed by atoms with van der Waals surface area (Å²) in [5, 5.41) is 21.9. The second-order valence-corrected chi connectivity index (χ2v) is 22.4. The average Bonchev–Trinajstić information content (AvgIpc) is 4.12. The fourth-order valence-corrected chi connectivity index (χ4v) is 13.2. The van der Waals surface area contributed by atoms with Crippen LogP contribution in [0.4, 0.5) is 36.3 Å². The standard InChI is InChI=1S/C61H68F3N15O4/c1-5-11-55(81)79-31-29-77(35-42(79)19-23-66)56-48-20-26-74(36-51(48)68-59(70-56)82-38-43-12-10-25-72(43)3)53-17-16-45(46-13-7-8-14-47(46)53)40-32-44(73(4)33-40)39-83-60-69-52-37-75(58-50(61(62,63)64)15-9-24-67-58)27-21-49(52)57(71-60)76-28-30-78(54(80)6-2)41(34-76)18-22-65/h6-9,13-17,24,40-44H,2,10,12,18-21,25-39H2,1,3-4H3/t40?,41?,42?,43-,44-/m0/s1. The Balaban J connectivity index is 0.835. The summed E-state index contributed by atoms with van der Waals surface area (Å²) in [6.07, 6.45) is 2.22. The number of carbonyl (C=O) groups is 2. The molecule has 3 aromatic heterocycles. The third kappa shape index (κ3) is 11.7. The molecule has 6 aliphatic heterocycles. The van der Waals surface area contributed by atoms with Gasteiger partial charge in [0.15, 0.2) is 0 Å². The summed E-state index contributed by atoms with van der Waals surface area (Å²) in [6.45, 7) is 11.8. The van der Waals surface area contributed by atoms with Gasteiger partial charge in [0.05, 0.1) is 67.1 Å². The number of pyridine rings is 1. The topological polar surface area (TPSA) is 191 Å². The van der Waals surface area contributed by atoms with Crippen molar-refractivity contribution in [3.05, 3.63) is 101 Å². The molecule has 0 N–H and O–H groups in total. The molecule has 83 heavy (non-hydrogen) atoms. The number of nitrogens with zero attached hydrogens (tertiary/aromatic N) is 15. The zero-order chi connectivity index (χ0) is 57.9. The quantitative estimate of drug-likeness (QED) is 0.0880. The molecule has 19 nitrogen and oxygen atoms in total. The van der Waals surface area contributed by atoms with Gasteiger partial charge in [-0.05, 0) is 107 Å². The van der Waals surface area contributed by atoms with Gasteiger partial charge >= 0.3 is 18.2 Å². The Kier molecular flexibility index (Phi) is 16.6. The first-order chi connectivity index (χ1) is 40.2. The molecule has 9 heterocycles. The number of carbonyl (C=O) groups excluding carboxylic acids is 2. The molecule has 2 amide bonds. The molecule has 4 fully saturated rings. The van der Waals surface area contributed by atoms with Crippen molar-refractivity contribution >= 4 is 45.7 Å². The molecule has 0 aliphatic carbocycles. The largest absolute Gasteiger partial charge is 0.462 e. The fraction of sp³-hybridized carbons (Fsp3) is 0.492. The third-order valence-corrected chi connectivity index (χ3v) is 17.5. The molecule has 2 aromatic carbocycles. The minimum absolute atomic E-state index is 0.0315. The van der Waals surface area contributed by atoms with Crippen molar-refractivity contribution in [1.82, 2.24) is 44.5 Å². The Bertz CT molecular complexity index is 3430. The van der Waals surface area contributed by atoms with Crippen LogP contribution in [0.25, 0.3) is 10.8 Å². The van der Waals surface area contributed by atoms with Gasteiger partial charge in [0.1, 0.15) is 30.7 Å². The van der Waals surface area contributed by atoms with Crippen molar-refractivity contribution in [2.45, 2.75) is 101 Å². The van der Waals surface area contributed by atoms with E-state index in [-0.39, 0.29) is 80.2 Å². The van der Waals surface area contributed by atoms with E-state index < -0.39 is 17.8 Å². The Morgan fingerprint density at radius 2 is 1.33 bits per heavy atom. The van der Waals surface area contributed by atoms with Gasteiger partial charge in [-0.2, -0.15) is 43.6 Å².